The summed E-state index contributed by atoms with van der Waals surface area (Å²) in [6, 6.07) is -1.02. The molecule has 0 saturated carbocycles. The van der Waals surface area contributed by atoms with E-state index in [1.165, 1.54) is 0 Å². The number of aliphatic carboxylic acids is 1. The Morgan fingerprint density at radius 1 is 1.56 bits per heavy atom. The van der Waals surface area contributed by atoms with Gasteiger partial charge in [-0.2, -0.15) is 0 Å². The molecule has 0 heterocycles. The van der Waals surface area contributed by atoms with Crippen LogP contribution < -0.4 is 11.1 Å². The average Bonchev–Trinajstić information content (AvgIpc) is 2.25. The first-order valence-electron chi connectivity index (χ1n) is 4.84. The summed E-state index contributed by atoms with van der Waals surface area (Å²) in [5.74, 6) is 1.03. The van der Waals surface area contributed by atoms with Crippen LogP contribution in [0.3, 0.4) is 0 Å². The van der Waals surface area contributed by atoms with E-state index >= 15 is 0 Å². The Balaban J connectivity index is 3.37. The number of carbonyl (C=O) groups is 2. The zero-order valence-electron chi connectivity index (χ0n) is 8.94. The van der Waals surface area contributed by atoms with Crippen LogP contribution >= 0.6 is 0 Å². The Bertz CT molecular complexity index is 272. The maximum absolute atomic E-state index is 11.0. The summed E-state index contributed by atoms with van der Waals surface area (Å²) in [5.41, 5.74) is 5.20. The molecule has 6 heteroatoms. The molecule has 0 fully saturated rings. The predicted octanol–water partition coefficient (Wildman–Crippen LogP) is -1.06. The first-order valence-corrected chi connectivity index (χ1v) is 4.84. The molecule has 0 rings (SSSR count). The predicted molar refractivity (Wildman–Crippen MR) is 57.5 cm³/mol. The van der Waals surface area contributed by atoms with Crippen LogP contribution in [0.4, 0.5) is 0 Å². The van der Waals surface area contributed by atoms with E-state index in [0.29, 0.717) is 19.4 Å². The maximum atomic E-state index is 11.0. The number of nitrogens with two attached hydrogens (primary N) is 1. The second-order valence-electron chi connectivity index (χ2n) is 3.10. The molecule has 0 bridgehead atoms. The molecule has 1 amide bonds. The van der Waals surface area contributed by atoms with Gasteiger partial charge in [-0.15, -0.1) is 6.42 Å². The molecular formula is C10H16N2O4. The second kappa shape index (κ2) is 8.71. The number of nitrogens with one attached hydrogen (secondary N) is 1. The van der Waals surface area contributed by atoms with E-state index < -0.39 is 12.0 Å². The van der Waals surface area contributed by atoms with Gasteiger partial charge in [0, 0.05) is 13.0 Å². The monoisotopic (exact) mass is 228 g/mol. The standard InChI is InChI=1S/C10H16N2O4/c1-2-5-12-9(13)4-3-6-16-7-8(11)10(14)15/h1,8H,3-7,11H2,(H,12,13)(H,14,15)/t8-/m0/s1. The second-order valence-corrected chi connectivity index (χ2v) is 3.10. The normalized spacial score (nSPS) is 11.5. The van der Waals surface area contributed by atoms with E-state index in [9.17, 15) is 9.59 Å². The van der Waals surface area contributed by atoms with Gasteiger partial charge in [-0.25, -0.2) is 0 Å². The van der Waals surface area contributed by atoms with Crippen molar-refractivity contribution in [2.45, 2.75) is 18.9 Å². The first kappa shape index (κ1) is 14.4. The zero-order valence-corrected chi connectivity index (χ0v) is 8.94. The van der Waals surface area contributed by atoms with Gasteiger partial charge in [-0.3, -0.25) is 9.59 Å². The van der Waals surface area contributed by atoms with Crippen LogP contribution in [0.1, 0.15) is 12.8 Å². The van der Waals surface area contributed by atoms with Gasteiger partial charge in [-0.05, 0) is 6.42 Å². The minimum Gasteiger partial charge on any atom is -0.480 e. The molecule has 0 unspecified atom stereocenters. The summed E-state index contributed by atoms with van der Waals surface area (Å²) < 4.78 is 4.99. The summed E-state index contributed by atoms with van der Waals surface area (Å²) in [5, 5.41) is 10.9. The van der Waals surface area contributed by atoms with E-state index in [1.54, 1.807) is 0 Å². The van der Waals surface area contributed by atoms with E-state index in [1.807, 2.05) is 0 Å². The third kappa shape index (κ3) is 7.79. The van der Waals surface area contributed by atoms with E-state index in [0.717, 1.165) is 0 Å². The van der Waals surface area contributed by atoms with Gasteiger partial charge in [0.1, 0.15) is 6.04 Å². The lowest BCUT2D eigenvalue weighted by Gasteiger charge is -2.07. The molecule has 0 aromatic rings. The van der Waals surface area contributed by atoms with Crippen molar-refractivity contribution in [3.8, 4) is 12.3 Å². The minimum absolute atomic E-state index is 0.0543. The Kier molecular flexibility index (Phi) is 7.85. The van der Waals surface area contributed by atoms with Crippen LogP contribution in [0.2, 0.25) is 0 Å². The van der Waals surface area contributed by atoms with Crippen molar-refractivity contribution >= 4 is 11.9 Å². The highest BCUT2D eigenvalue weighted by Gasteiger charge is 2.10. The molecule has 90 valence electrons. The van der Waals surface area contributed by atoms with E-state index in [-0.39, 0.29) is 19.1 Å². The van der Waals surface area contributed by atoms with Crippen molar-refractivity contribution in [1.82, 2.24) is 5.32 Å². The molecule has 0 aromatic heterocycles. The van der Waals surface area contributed by atoms with Crippen LogP contribution in [-0.2, 0) is 14.3 Å². The molecule has 0 aliphatic heterocycles. The molecule has 0 spiro atoms. The van der Waals surface area contributed by atoms with Gasteiger partial charge in [0.15, 0.2) is 0 Å². The van der Waals surface area contributed by atoms with Gasteiger partial charge in [0.25, 0.3) is 0 Å². The largest absolute Gasteiger partial charge is 0.480 e. The third-order valence-electron chi connectivity index (χ3n) is 1.69. The number of carbonyl (C=O) groups excluding carboxylic acids is 1. The Hall–Kier alpha value is -1.58. The fraction of sp³-hybridized carbons (Fsp3) is 0.600. The van der Waals surface area contributed by atoms with Gasteiger partial charge in [0.05, 0.1) is 13.2 Å². The first-order chi connectivity index (χ1) is 7.57. The van der Waals surface area contributed by atoms with Crippen molar-refractivity contribution in [3.05, 3.63) is 0 Å². The van der Waals surface area contributed by atoms with Crippen LogP contribution in [0.15, 0.2) is 0 Å². The highest BCUT2D eigenvalue weighted by atomic mass is 16.5. The van der Waals surface area contributed by atoms with Gasteiger partial charge in [0.2, 0.25) is 5.91 Å². The molecule has 0 aliphatic carbocycles. The van der Waals surface area contributed by atoms with Crippen molar-refractivity contribution in [1.29, 1.82) is 0 Å². The highest BCUT2D eigenvalue weighted by Crippen LogP contribution is 1.91. The summed E-state index contributed by atoms with van der Waals surface area (Å²) in [6.45, 7) is 0.454. The molecule has 16 heavy (non-hydrogen) atoms. The number of carboxylic acid groups (broad SMARTS) is 1. The number of terminal acetylenes is 1. The molecule has 0 radical (unpaired) electrons. The van der Waals surface area contributed by atoms with Gasteiger partial charge >= 0.3 is 5.97 Å². The number of amides is 1. The van der Waals surface area contributed by atoms with Crippen molar-refractivity contribution in [2.75, 3.05) is 19.8 Å². The number of carboxylic acids is 1. The summed E-state index contributed by atoms with van der Waals surface area (Å²) in [6.07, 6.45) is 5.75. The molecule has 6 nitrogen and oxygen atoms in total. The molecule has 0 aromatic carbocycles. The van der Waals surface area contributed by atoms with Crippen molar-refractivity contribution in [3.63, 3.8) is 0 Å². The van der Waals surface area contributed by atoms with Gasteiger partial charge in [-0.1, -0.05) is 5.92 Å². The quantitative estimate of drug-likeness (QED) is 0.363. The number of hydrogen-bond donors (Lipinski definition) is 3. The topological polar surface area (TPSA) is 102 Å². The highest BCUT2D eigenvalue weighted by molar-refractivity contribution is 5.76. The molecule has 0 aliphatic rings. The SMILES string of the molecule is C#CCNC(=O)CCCOC[C@H](N)C(=O)O. The lowest BCUT2D eigenvalue weighted by atomic mass is 10.3. The molecule has 4 N–H and O–H groups in total. The summed E-state index contributed by atoms with van der Waals surface area (Å²) in [4.78, 5) is 21.3. The summed E-state index contributed by atoms with van der Waals surface area (Å²) >= 11 is 0. The van der Waals surface area contributed by atoms with Crippen molar-refractivity contribution in [2.24, 2.45) is 5.73 Å². The lowest BCUT2D eigenvalue weighted by molar-refractivity contribution is -0.140. The minimum atomic E-state index is -1.10. The smallest absolute Gasteiger partial charge is 0.322 e. The molecule has 1 atom stereocenters. The van der Waals surface area contributed by atoms with Crippen molar-refractivity contribution < 1.29 is 19.4 Å². The maximum Gasteiger partial charge on any atom is 0.322 e. The van der Waals surface area contributed by atoms with Crippen LogP contribution in [0.25, 0.3) is 0 Å². The number of ether oxygens (including phenoxy) is 1. The molecule has 0 saturated heterocycles. The lowest BCUT2D eigenvalue weighted by Crippen LogP contribution is -2.35. The van der Waals surface area contributed by atoms with E-state index in [4.69, 9.17) is 22.0 Å². The number of rotatable bonds is 8. The summed E-state index contributed by atoms with van der Waals surface area (Å²) in [7, 11) is 0. The zero-order chi connectivity index (χ0) is 12.4. The Morgan fingerprint density at radius 3 is 2.81 bits per heavy atom. The number of hydrogen-bond acceptors (Lipinski definition) is 4. The third-order valence-corrected chi connectivity index (χ3v) is 1.69. The van der Waals surface area contributed by atoms with Crippen LogP contribution in [0, 0.1) is 12.3 Å². The average molecular weight is 228 g/mol. The van der Waals surface area contributed by atoms with Crippen LogP contribution in [-0.4, -0.2) is 42.8 Å². The van der Waals surface area contributed by atoms with Gasteiger partial charge < -0.3 is 20.9 Å². The Labute approximate surface area is 94.1 Å². The fourth-order valence-corrected chi connectivity index (χ4v) is 0.854. The fourth-order valence-electron chi connectivity index (χ4n) is 0.854. The Morgan fingerprint density at radius 2 is 2.25 bits per heavy atom. The molecular weight excluding hydrogens is 212 g/mol. The van der Waals surface area contributed by atoms with E-state index in [2.05, 4.69) is 11.2 Å². The van der Waals surface area contributed by atoms with Crippen LogP contribution in [0.5, 0.6) is 0 Å².